The molecule has 7 heteroatoms. The first-order chi connectivity index (χ1) is 9.28. The molecular formula is C12H14N4O2S. The van der Waals surface area contributed by atoms with Gasteiger partial charge in [-0.15, -0.1) is 0 Å². The molecule has 0 unspecified atom stereocenters. The molecule has 19 heavy (non-hydrogen) atoms. The summed E-state index contributed by atoms with van der Waals surface area (Å²) in [6, 6.07) is 1.93. The fourth-order valence-corrected chi connectivity index (χ4v) is 2.61. The van der Waals surface area contributed by atoms with Gasteiger partial charge in [0.1, 0.15) is 0 Å². The number of urea groups is 1. The van der Waals surface area contributed by atoms with Crippen LogP contribution in [0.1, 0.15) is 18.7 Å². The van der Waals surface area contributed by atoms with Gasteiger partial charge in [-0.2, -0.15) is 16.3 Å². The average Bonchev–Trinajstić information content (AvgIpc) is 2.97. The Bertz CT molecular complexity index is 560. The van der Waals surface area contributed by atoms with Crippen molar-refractivity contribution in [2.45, 2.75) is 12.8 Å². The SMILES string of the molecule is CCNC(=O)N1CC(c2nc(-c3ccsc3)no2)C1. The molecule has 0 atom stereocenters. The van der Waals surface area contributed by atoms with Crippen LogP contribution < -0.4 is 5.32 Å². The molecule has 2 aromatic rings. The van der Waals surface area contributed by atoms with Crippen molar-refractivity contribution in [1.82, 2.24) is 20.4 Å². The number of nitrogens with one attached hydrogen (secondary N) is 1. The second-order valence-electron chi connectivity index (χ2n) is 4.41. The third kappa shape index (κ3) is 2.33. The predicted octanol–water partition coefficient (Wildman–Crippen LogP) is 1.93. The van der Waals surface area contributed by atoms with Gasteiger partial charge >= 0.3 is 6.03 Å². The molecule has 100 valence electrons. The smallest absolute Gasteiger partial charge is 0.317 e. The fourth-order valence-electron chi connectivity index (χ4n) is 1.97. The highest BCUT2D eigenvalue weighted by Crippen LogP contribution is 2.28. The number of hydrogen-bond donors (Lipinski definition) is 1. The molecule has 1 fully saturated rings. The maximum Gasteiger partial charge on any atom is 0.317 e. The van der Waals surface area contributed by atoms with E-state index in [1.165, 1.54) is 0 Å². The lowest BCUT2D eigenvalue weighted by atomic mass is 10.0. The minimum atomic E-state index is -0.0312. The van der Waals surface area contributed by atoms with Gasteiger partial charge in [-0.05, 0) is 18.4 Å². The number of amides is 2. The number of aromatic nitrogens is 2. The summed E-state index contributed by atoms with van der Waals surface area (Å²) in [5.74, 6) is 1.39. The van der Waals surface area contributed by atoms with Gasteiger partial charge in [-0.1, -0.05) is 5.16 Å². The summed E-state index contributed by atoms with van der Waals surface area (Å²) < 4.78 is 5.27. The van der Waals surface area contributed by atoms with E-state index in [-0.39, 0.29) is 11.9 Å². The van der Waals surface area contributed by atoms with Crippen LogP contribution in [0.4, 0.5) is 4.79 Å². The van der Waals surface area contributed by atoms with E-state index in [9.17, 15) is 4.79 Å². The number of thiophene rings is 1. The van der Waals surface area contributed by atoms with Crippen molar-refractivity contribution in [2.24, 2.45) is 0 Å². The van der Waals surface area contributed by atoms with Crippen molar-refractivity contribution >= 4 is 17.4 Å². The maximum absolute atomic E-state index is 11.5. The Morgan fingerprint density at radius 1 is 1.63 bits per heavy atom. The fraction of sp³-hybridized carbons (Fsp3) is 0.417. The van der Waals surface area contributed by atoms with Gasteiger partial charge in [0.15, 0.2) is 0 Å². The topological polar surface area (TPSA) is 71.3 Å². The molecule has 2 amide bonds. The standard InChI is InChI=1S/C12H14N4O2S/c1-2-13-12(17)16-5-9(6-16)11-14-10(15-18-11)8-3-4-19-7-8/h3-4,7,9H,2,5-6H2,1H3,(H,13,17). The Kier molecular flexibility index (Phi) is 3.20. The zero-order valence-electron chi connectivity index (χ0n) is 10.5. The average molecular weight is 278 g/mol. The summed E-state index contributed by atoms with van der Waals surface area (Å²) in [5.41, 5.74) is 0.972. The van der Waals surface area contributed by atoms with Gasteiger partial charge < -0.3 is 14.7 Å². The minimum Gasteiger partial charge on any atom is -0.339 e. The van der Waals surface area contributed by atoms with Crippen LogP contribution in [0, 0.1) is 0 Å². The van der Waals surface area contributed by atoms with Gasteiger partial charge in [0.25, 0.3) is 0 Å². The summed E-state index contributed by atoms with van der Waals surface area (Å²) in [6.45, 7) is 3.82. The Hall–Kier alpha value is -1.89. The third-order valence-corrected chi connectivity index (χ3v) is 3.75. The van der Waals surface area contributed by atoms with Crippen LogP contribution in [-0.4, -0.2) is 40.7 Å². The normalized spacial score (nSPS) is 15.3. The first-order valence-electron chi connectivity index (χ1n) is 6.17. The van der Waals surface area contributed by atoms with Crippen LogP contribution in [0.15, 0.2) is 21.3 Å². The highest BCUT2D eigenvalue weighted by Gasteiger charge is 2.35. The molecular weight excluding hydrogens is 264 g/mol. The predicted molar refractivity (Wildman–Crippen MR) is 71.0 cm³/mol. The molecule has 1 aliphatic rings. The molecule has 6 nitrogen and oxygen atoms in total. The second-order valence-corrected chi connectivity index (χ2v) is 5.19. The first kappa shape index (κ1) is 12.2. The van der Waals surface area contributed by atoms with Crippen molar-refractivity contribution in [3.63, 3.8) is 0 Å². The molecule has 0 spiro atoms. The zero-order valence-corrected chi connectivity index (χ0v) is 11.3. The van der Waals surface area contributed by atoms with Gasteiger partial charge in [-0.3, -0.25) is 0 Å². The van der Waals surface area contributed by atoms with Crippen molar-refractivity contribution in [2.75, 3.05) is 19.6 Å². The Labute approximate surface area is 114 Å². The molecule has 1 N–H and O–H groups in total. The molecule has 3 rings (SSSR count). The quantitative estimate of drug-likeness (QED) is 0.931. The number of carbonyl (C=O) groups is 1. The number of nitrogens with zero attached hydrogens (tertiary/aromatic N) is 3. The van der Waals surface area contributed by atoms with Crippen LogP contribution in [0.25, 0.3) is 11.4 Å². The van der Waals surface area contributed by atoms with E-state index >= 15 is 0 Å². The number of likely N-dealkylation sites (tertiary alicyclic amines) is 1. The molecule has 1 aliphatic heterocycles. The minimum absolute atomic E-state index is 0.0312. The summed E-state index contributed by atoms with van der Waals surface area (Å²) in [6.07, 6.45) is 0. The summed E-state index contributed by atoms with van der Waals surface area (Å²) >= 11 is 1.60. The van der Waals surface area contributed by atoms with Crippen molar-refractivity contribution in [3.05, 3.63) is 22.7 Å². The van der Waals surface area contributed by atoms with Crippen molar-refractivity contribution < 1.29 is 9.32 Å². The molecule has 0 saturated carbocycles. The van der Waals surface area contributed by atoms with Crippen LogP contribution in [0.2, 0.25) is 0 Å². The van der Waals surface area contributed by atoms with E-state index in [0.717, 1.165) is 5.56 Å². The van der Waals surface area contributed by atoms with Gasteiger partial charge in [0.2, 0.25) is 11.7 Å². The van der Waals surface area contributed by atoms with E-state index < -0.39 is 0 Å². The van der Waals surface area contributed by atoms with E-state index in [2.05, 4.69) is 15.5 Å². The first-order valence-corrected chi connectivity index (χ1v) is 7.11. The monoisotopic (exact) mass is 278 g/mol. The Morgan fingerprint density at radius 3 is 3.16 bits per heavy atom. The number of hydrogen-bond acceptors (Lipinski definition) is 5. The summed E-state index contributed by atoms with van der Waals surface area (Å²) in [7, 11) is 0. The highest BCUT2D eigenvalue weighted by atomic mass is 32.1. The molecule has 0 bridgehead atoms. The summed E-state index contributed by atoms with van der Waals surface area (Å²) in [5, 5.41) is 10.7. The second kappa shape index (κ2) is 5.00. The summed E-state index contributed by atoms with van der Waals surface area (Å²) in [4.78, 5) is 17.7. The molecule has 0 aliphatic carbocycles. The lowest BCUT2D eigenvalue weighted by molar-refractivity contribution is 0.137. The molecule has 0 radical (unpaired) electrons. The largest absolute Gasteiger partial charge is 0.339 e. The Balaban J connectivity index is 1.62. The van der Waals surface area contributed by atoms with E-state index in [4.69, 9.17) is 4.52 Å². The molecule has 1 saturated heterocycles. The van der Waals surface area contributed by atoms with Crippen LogP contribution >= 0.6 is 11.3 Å². The molecule has 0 aromatic carbocycles. The molecule has 3 heterocycles. The van der Waals surface area contributed by atoms with E-state index in [1.807, 2.05) is 23.8 Å². The van der Waals surface area contributed by atoms with Crippen molar-refractivity contribution in [3.8, 4) is 11.4 Å². The third-order valence-electron chi connectivity index (χ3n) is 3.07. The van der Waals surface area contributed by atoms with Crippen molar-refractivity contribution in [1.29, 1.82) is 0 Å². The highest BCUT2D eigenvalue weighted by molar-refractivity contribution is 7.08. The maximum atomic E-state index is 11.5. The number of rotatable bonds is 3. The van der Waals surface area contributed by atoms with Crippen LogP contribution in [0.5, 0.6) is 0 Å². The number of carbonyl (C=O) groups excluding carboxylic acids is 1. The van der Waals surface area contributed by atoms with Gasteiger partial charge in [-0.25, -0.2) is 4.79 Å². The van der Waals surface area contributed by atoms with Gasteiger partial charge in [0, 0.05) is 30.6 Å². The Morgan fingerprint density at radius 2 is 2.47 bits per heavy atom. The van der Waals surface area contributed by atoms with Gasteiger partial charge in [0.05, 0.1) is 5.92 Å². The van der Waals surface area contributed by atoms with E-state index in [1.54, 1.807) is 16.2 Å². The van der Waals surface area contributed by atoms with Crippen LogP contribution in [0.3, 0.4) is 0 Å². The van der Waals surface area contributed by atoms with E-state index in [0.29, 0.717) is 31.3 Å². The van der Waals surface area contributed by atoms with Crippen LogP contribution in [-0.2, 0) is 0 Å². The molecule has 2 aromatic heterocycles. The zero-order chi connectivity index (χ0) is 13.2. The lowest BCUT2D eigenvalue weighted by Gasteiger charge is -2.36. The lowest BCUT2D eigenvalue weighted by Crippen LogP contribution is -2.52.